The molecule has 1 aromatic carbocycles. The Morgan fingerprint density at radius 3 is 2.60 bits per heavy atom. The number of benzene rings is 1. The third-order valence-electron chi connectivity index (χ3n) is 2.52. The van der Waals surface area contributed by atoms with Crippen LogP contribution in [0.5, 0.6) is 5.75 Å². The van der Waals surface area contributed by atoms with Gasteiger partial charge in [0.1, 0.15) is 5.75 Å². The van der Waals surface area contributed by atoms with Crippen LogP contribution in [-0.4, -0.2) is 35.0 Å². The molecule has 0 unspecified atom stereocenters. The zero-order chi connectivity index (χ0) is 15.3. The molecule has 0 aromatic heterocycles. The van der Waals surface area contributed by atoms with Crippen LogP contribution in [0.1, 0.15) is 24.2 Å². The fourth-order valence-corrected chi connectivity index (χ4v) is 1.77. The number of hydrogen-bond acceptors (Lipinski definition) is 3. The Labute approximate surface area is 121 Å². The Balaban J connectivity index is 2.96. The van der Waals surface area contributed by atoms with Gasteiger partial charge < -0.3 is 15.4 Å². The molecule has 1 rings (SSSR count). The first-order valence-corrected chi connectivity index (χ1v) is 6.36. The molecule has 4 nitrogen and oxygen atoms in total. The average molecular weight is 302 g/mol. The van der Waals surface area contributed by atoms with E-state index in [-0.39, 0.29) is 34.8 Å². The van der Waals surface area contributed by atoms with Gasteiger partial charge in [0.25, 0.3) is 5.91 Å². The summed E-state index contributed by atoms with van der Waals surface area (Å²) in [5.41, 5.74) is 5.70. The molecule has 0 heterocycles. The lowest BCUT2D eigenvalue weighted by Gasteiger charge is -2.26. The third kappa shape index (κ3) is 4.73. The SMILES string of the molecule is CC(C)N(CC(N)=S)C(=O)c1cccc(OC(F)F)c1. The first-order chi connectivity index (χ1) is 9.31. The van der Waals surface area contributed by atoms with Gasteiger partial charge in [0, 0.05) is 11.6 Å². The maximum absolute atomic E-state index is 12.3. The number of ether oxygens (including phenoxy) is 1. The molecule has 0 fully saturated rings. The molecule has 7 heteroatoms. The summed E-state index contributed by atoms with van der Waals surface area (Å²) < 4.78 is 28.6. The molecule has 20 heavy (non-hydrogen) atoms. The highest BCUT2D eigenvalue weighted by molar-refractivity contribution is 7.80. The van der Waals surface area contributed by atoms with Gasteiger partial charge in [0.15, 0.2) is 0 Å². The first-order valence-electron chi connectivity index (χ1n) is 5.95. The van der Waals surface area contributed by atoms with Crippen molar-refractivity contribution in [3.05, 3.63) is 29.8 Å². The molecule has 1 aromatic rings. The van der Waals surface area contributed by atoms with Crippen molar-refractivity contribution >= 4 is 23.1 Å². The molecule has 2 N–H and O–H groups in total. The molecule has 0 atom stereocenters. The van der Waals surface area contributed by atoms with E-state index in [4.69, 9.17) is 18.0 Å². The monoisotopic (exact) mass is 302 g/mol. The summed E-state index contributed by atoms with van der Waals surface area (Å²) in [7, 11) is 0. The van der Waals surface area contributed by atoms with E-state index in [1.807, 2.05) is 13.8 Å². The Bertz CT molecular complexity index is 495. The van der Waals surface area contributed by atoms with Gasteiger partial charge in [-0.25, -0.2) is 0 Å². The minimum absolute atomic E-state index is 0.0649. The van der Waals surface area contributed by atoms with Gasteiger partial charge in [0.2, 0.25) is 0 Å². The highest BCUT2D eigenvalue weighted by Crippen LogP contribution is 2.18. The van der Waals surface area contributed by atoms with E-state index in [1.165, 1.54) is 29.2 Å². The molecule has 1 amide bonds. The van der Waals surface area contributed by atoms with Crippen molar-refractivity contribution in [2.24, 2.45) is 5.73 Å². The van der Waals surface area contributed by atoms with Crippen LogP contribution < -0.4 is 10.5 Å². The van der Waals surface area contributed by atoms with E-state index in [9.17, 15) is 13.6 Å². The summed E-state index contributed by atoms with van der Waals surface area (Å²) >= 11 is 4.80. The Morgan fingerprint density at radius 1 is 1.45 bits per heavy atom. The average Bonchev–Trinajstić information content (AvgIpc) is 2.34. The minimum atomic E-state index is -2.93. The third-order valence-corrected chi connectivity index (χ3v) is 2.65. The summed E-state index contributed by atoms with van der Waals surface area (Å²) in [5, 5.41) is 0. The zero-order valence-corrected chi connectivity index (χ0v) is 12.0. The van der Waals surface area contributed by atoms with Crippen LogP contribution in [-0.2, 0) is 0 Å². The number of halogens is 2. The zero-order valence-electron chi connectivity index (χ0n) is 11.2. The smallest absolute Gasteiger partial charge is 0.387 e. The predicted octanol–water partition coefficient (Wildman–Crippen LogP) is 2.42. The largest absolute Gasteiger partial charge is 0.435 e. The van der Waals surface area contributed by atoms with Crippen LogP contribution in [0.25, 0.3) is 0 Å². The lowest BCUT2D eigenvalue weighted by atomic mass is 10.1. The van der Waals surface area contributed by atoms with E-state index in [2.05, 4.69) is 4.74 Å². The maximum Gasteiger partial charge on any atom is 0.387 e. The summed E-state index contributed by atoms with van der Waals surface area (Å²) in [6.45, 7) is 0.829. The van der Waals surface area contributed by atoms with Crippen molar-refractivity contribution in [1.29, 1.82) is 0 Å². The summed E-state index contributed by atoms with van der Waals surface area (Å²) in [4.78, 5) is 14.0. The van der Waals surface area contributed by atoms with Crippen molar-refractivity contribution in [2.45, 2.75) is 26.5 Å². The molecule has 0 spiro atoms. The second-order valence-corrected chi connectivity index (χ2v) is 4.92. The van der Waals surface area contributed by atoms with E-state index < -0.39 is 6.61 Å². The number of amides is 1. The predicted molar refractivity (Wildman–Crippen MR) is 76.0 cm³/mol. The summed E-state index contributed by atoms with van der Waals surface area (Å²) in [6, 6.07) is 5.50. The molecule has 0 aliphatic carbocycles. The molecule has 0 bridgehead atoms. The number of alkyl halides is 2. The number of carbonyl (C=O) groups is 1. The number of nitrogens with two attached hydrogens (primary N) is 1. The standard InChI is InChI=1S/C13H16F2N2O2S/c1-8(2)17(7-11(16)20)12(18)9-4-3-5-10(6-9)19-13(14)15/h3-6,8,13H,7H2,1-2H3,(H2,16,20). The highest BCUT2D eigenvalue weighted by atomic mass is 32.1. The van der Waals surface area contributed by atoms with Gasteiger partial charge >= 0.3 is 6.61 Å². The van der Waals surface area contributed by atoms with Gasteiger partial charge in [0.05, 0.1) is 11.5 Å². The van der Waals surface area contributed by atoms with Crippen molar-refractivity contribution in [2.75, 3.05) is 6.54 Å². The number of nitrogens with zero attached hydrogens (tertiary/aromatic N) is 1. The number of rotatable bonds is 6. The second-order valence-electron chi connectivity index (χ2n) is 4.40. The topological polar surface area (TPSA) is 55.6 Å². The Hall–Kier alpha value is -1.76. The molecule has 0 aliphatic rings. The van der Waals surface area contributed by atoms with Crippen molar-refractivity contribution in [3.63, 3.8) is 0 Å². The van der Waals surface area contributed by atoms with E-state index in [0.29, 0.717) is 0 Å². The molecular weight excluding hydrogens is 286 g/mol. The second kappa shape index (κ2) is 7.14. The lowest BCUT2D eigenvalue weighted by Crippen LogP contribution is -2.42. The quantitative estimate of drug-likeness (QED) is 0.820. The van der Waals surface area contributed by atoms with Gasteiger partial charge in [-0.3, -0.25) is 4.79 Å². The van der Waals surface area contributed by atoms with Crippen molar-refractivity contribution in [1.82, 2.24) is 4.90 Å². The van der Waals surface area contributed by atoms with Gasteiger partial charge in [-0.15, -0.1) is 0 Å². The highest BCUT2D eigenvalue weighted by Gasteiger charge is 2.20. The summed E-state index contributed by atoms with van der Waals surface area (Å²) in [5.74, 6) is -0.405. The normalized spacial score (nSPS) is 10.7. The van der Waals surface area contributed by atoms with Gasteiger partial charge in [-0.05, 0) is 32.0 Å². The van der Waals surface area contributed by atoms with Gasteiger partial charge in [-0.2, -0.15) is 8.78 Å². The maximum atomic E-state index is 12.3. The fourth-order valence-electron chi connectivity index (χ4n) is 1.63. The molecule has 110 valence electrons. The van der Waals surface area contributed by atoms with E-state index in [0.717, 1.165) is 0 Å². The summed E-state index contributed by atoms with van der Waals surface area (Å²) in [6.07, 6.45) is 0. The van der Waals surface area contributed by atoms with Crippen LogP contribution in [0.2, 0.25) is 0 Å². The molecular formula is C13H16F2N2O2S. The number of thiocarbonyl (C=S) groups is 1. The van der Waals surface area contributed by atoms with E-state index in [1.54, 1.807) is 0 Å². The van der Waals surface area contributed by atoms with Crippen LogP contribution in [0, 0.1) is 0 Å². The van der Waals surface area contributed by atoms with Gasteiger partial charge in [-0.1, -0.05) is 18.3 Å². The van der Waals surface area contributed by atoms with Crippen molar-refractivity contribution < 1.29 is 18.3 Å². The Morgan fingerprint density at radius 2 is 2.10 bits per heavy atom. The van der Waals surface area contributed by atoms with Crippen LogP contribution in [0.4, 0.5) is 8.78 Å². The Kier molecular flexibility index (Phi) is 5.82. The first kappa shape index (κ1) is 16.3. The molecule has 0 saturated carbocycles. The van der Waals surface area contributed by atoms with E-state index >= 15 is 0 Å². The van der Waals surface area contributed by atoms with Crippen LogP contribution >= 0.6 is 12.2 Å². The number of hydrogen-bond donors (Lipinski definition) is 1. The van der Waals surface area contributed by atoms with Crippen molar-refractivity contribution in [3.8, 4) is 5.75 Å². The van der Waals surface area contributed by atoms with Crippen LogP contribution in [0.15, 0.2) is 24.3 Å². The lowest BCUT2D eigenvalue weighted by molar-refractivity contribution is -0.0499. The molecule has 0 radical (unpaired) electrons. The number of carbonyl (C=O) groups excluding carboxylic acids is 1. The molecule has 0 saturated heterocycles. The minimum Gasteiger partial charge on any atom is -0.435 e. The fraction of sp³-hybridized carbons (Fsp3) is 0.385. The molecule has 0 aliphatic heterocycles. The van der Waals surface area contributed by atoms with Crippen LogP contribution in [0.3, 0.4) is 0 Å².